The average Bonchev–Trinajstić information content (AvgIpc) is 2.48. The van der Waals surface area contributed by atoms with Crippen LogP contribution in [-0.2, 0) is 0 Å². The first-order valence-corrected chi connectivity index (χ1v) is 7.90. The Morgan fingerprint density at radius 3 is 2.85 bits per heavy atom. The number of nitrogens with zero attached hydrogens (tertiary/aromatic N) is 1. The van der Waals surface area contributed by atoms with Crippen molar-refractivity contribution in [2.45, 2.75) is 38.5 Å². The van der Waals surface area contributed by atoms with E-state index in [-0.39, 0.29) is 5.91 Å². The van der Waals surface area contributed by atoms with Gasteiger partial charge in [0, 0.05) is 17.2 Å². The number of carbonyl (C=O) groups is 1. The number of halogens is 1. The maximum atomic E-state index is 12.2. The summed E-state index contributed by atoms with van der Waals surface area (Å²) in [5.74, 6) is 6.39. The smallest absolute Gasteiger partial charge is 0.255 e. The number of hydrazine groups is 1. The predicted octanol–water partition coefficient (Wildman–Crippen LogP) is 2.83. The number of hydrogen-bond acceptors (Lipinski definition) is 4. The zero-order valence-corrected chi connectivity index (χ0v) is 13.1. The third-order valence-corrected chi connectivity index (χ3v) is 4.23. The van der Waals surface area contributed by atoms with Gasteiger partial charge in [-0.15, -0.1) is 0 Å². The molecule has 0 aromatic carbocycles. The van der Waals surface area contributed by atoms with Gasteiger partial charge in [0.2, 0.25) is 0 Å². The van der Waals surface area contributed by atoms with Crippen LogP contribution in [0, 0.1) is 5.92 Å². The summed E-state index contributed by atoms with van der Waals surface area (Å²) in [5, 5.41) is 2.95. The van der Waals surface area contributed by atoms with Gasteiger partial charge in [0.05, 0.1) is 5.56 Å². The Hall–Kier alpha value is -1.14. The summed E-state index contributed by atoms with van der Waals surface area (Å²) in [4.78, 5) is 16.2. The first-order valence-electron chi connectivity index (χ1n) is 7.11. The maximum Gasteiger partial charge on any atom is 0.255 e. The molecule has 1 aliphatic rings. The summed E-state index contributed by atoms with van der Waals surface area (Å²) in [7, 11) is 0. The lowest BCUT2D eigenvalue weighted by Crippen LogP contribution is -2.28. The van der Waals surface area contributed by atoms with Crippen LogP contribution in [0.2, 0.25) is 0 Å². The minimum Gasteiger partial charge on any atom is -0.352 e. The van der Waals surface area contributed by atoms with Crippen LogP contribution in [0.1, 0.15) is 48.9 Å². The Balaban J connectivity index is 1.86. The van der Waals surface area contributed by atoms with Crippen molar-refractivity contribution in [3.63, 3.8) is 0 Å². The molecule has 0 unspecified atom stereocenters. The standard InChI is InChI=1S/C14H21BrN4O/c15-11-8-12(13(19-16)18-9-11)14(20)17-7-6-10-4-2-1-3-5-10/h8-10H,1-7,16H2,(H,17,20)(H,18,19). The summed E-state index contributed by atoms with van der Waals surface area (Å²) in [6.45, 7) is 0.708. The average molecular weight is 341 g/mol. The van der Waals surface area contributed by atoms with E-state index in [1.807, 2.05) is 0 Å². The highest BCUT2D eigenvalue weighted by atomic mass is 79.9. The molecule has 110 valence electrons. The molecule has 20 heavy (non-hydrogen) atoms. The van der Waals surface area contributed by atoms with E-state index in [0.717, 1.165) is 16.8 Å². The number of hydrogen-bond donors (Lipinski definition) is 3. The number of aromatic nitrogens is 1. The number of nitrogen functional groups attached to an aromatic ring is 1. The number of pyridine rings is 1. The molecule has 2 rings (SSSR count). The molecule has 0 bridgehead atoms. The van der Waals surface area contributed by atoms with Crippen LogP contribution in [0.3, 0.4) is 0 Å². The third-order valence-electron chi connectivity index (χ3n) is 3.80. The number of rotatable bonds is 5. The highest BCUT2D eigenvalue weighted by molar-refractivity contribution is 9.10. The van der Waals surface area contributed by atoms with Gasteiger partial charge in [0.25, 0.3) is 5.91 Å². The van der Waals surface area contributed by atoms with Gasteiger partial charge >= 0.3 is 0 Å². The monoisotopic (exact) mass is 340 g/mol. The van der Waals surface area contributed by atoms with Crippen LogP contribution >= 0.6 is 15.9 Å². The SMILES string of the molecule is NNc1ncc(Br)cc1C(=O)NCCC1CCCCC1. The van der Waals surface area contributed by atoms with Gasteiger partial charge in [-0.2, -0.15) is 0 Å². The van der Waals surface area contributed by atoms with Gasteiger partial charge < -0.3 is 10.7 Å². The van der Waals surface area contributed by atoms with Gasteiger partial charge in [0.1, 0.15) is 0 Å². The lowest BCUT2D eigenvalue weighted by molar-refractivity contribution is 0.0950. The minimum absolute atomic E-state index is 0.137. The van der Waals surface area contributed by atoms with E-state index in [1.54, 1.807) is 12.3 Å². The van der Waals surface area contributed by atoms with E-state index in [1.165, 1.54) is 32.1 Å². The number of amides is 1. The molecule has 1 amide bonds. The molecule has 1 fully saturated rings. The van der Waals surface area contributed by atoms with Gasteiger partial charge in [-0.05, 0) is 34.3 Å². The van der Waals surface area contributed by atoms with Crippen LogP contribution in [0.4, 0.5) is 5.82 Å². The topological polar surface area (TPSA) is 80.0 Å². The van der Waals surface area contributed by atoms with Crippen molar-refractivity contribution in [1.82, 2.24) is 10.3 Å². The van der Waals surface area contributed by atoms with Crippen LogP contribution in [0.15, 0.2) is 16.7 Å². The van der Waals surface area contributed by atoms with Crippen LogP contribution in [-0.4, -0.2) is 17.4 Å². The molecular weight excluding hydrogens is 320 g/mol. The summed E-state index contributed by atoms with van der Waals surface area (Å²) in [5.41, 5.74) is 2.91. The lowest BCUT2D eigenvalue weighted by atomic mass is 9.87. The summed E-state index contributed by atoms with van der Waals surface area (Å²) < 4.78 is 0.758. The Morgan fingerprint density at radius 1 is 1.40 bits per heavy atom. The predicted molar refractivity (Wildman–Crippen MR) is 83.3 cm³/mol. The summed E-state index contributed by atoms with van der Waals surface area (Å²) in [6.07, 6.45) is 9.27. The first-order chi connectivity index (χ1) is 9.70. The molecule has 1 heterocycles. The van der Waals surface area contributed by atoms with E-state index in [4.69, 9.17) is 5.84 Å². The first kappa shape index (κ1) is 15.3. The summed E-state index contributed by atoms with van der Waals surface area (Å²) >= 11 is 3.31. The van der Waals surface area contributed by atoms with Crippen LogP contribution in [0.25, 0.3) is 0 Å². The van der Waals surface area contributed by atoms with E-state index < -0.39 is 0 Å². The second-order valence-corrected chi connectivity index (χ2v) is 6.16. The van der Waals surface area contributed by atoms with E-state index in [9.17, 15) is 4.79 Å². The fraction of sp³-hybridized carbons (Fsp3) is 0.571. The summed E-state index contributed by atoms with van der Waals surface area (Å²) in [6, 6.07) is 1.72. The normalized spacial score (nSPS) is 15.9. The van der Waals surface area contributed by atoms with Crippen molar-refractivity contribution in [1.29, 1.82) is 0 Å². The molecule has 0 spiro atoms. The molecule has 0 saturated heterocycles. The van der Waals surface area contributed by atoms with E-state index in [2.05, 4.69) is 31.7 Å². The third kappa shape index (κ3) is 4.18. The molecule has 1 saturated carbocycles. The van der Waals surface area contributed by atoms with Crippen molar-refractivity contribution in [3.05, 3.63) is 22.3 Å². The van der Waals surface area contributed by atoms with Gasteiger partial charge in [-0.25, -0.2) is 10.8 Å². The fourth-order valence-electron chi connectivity index (χ4n) is 2.69. The zero-order chi connectivity index (χ0) is 14.4. The second-order valence-electron chi connectivity index (χ2n) is 5.24. The molecule has 1 aromatic rings. The van der Waals surface area contributed by atoms with Crippen molar-refractivity contribution in [3.8, 4) is 0 Å². The molecule has 4 N–H and O–H groups in total. The second kappa shape index (κ2) is 7.59. The van der Waals surface area contributed by atoms with Gasteiger partial charge in [0.15, 0.2) is 5.82 Å². The Kier molecular flexibility index (Phi) is 5.79. The number of nitrogens with one attached hydrogen (secondary N) is 2. The molecular formula is C14H21BrN4O. The molecule has 5 nitrogen and oxygen atoms in total. The van der Waals surface area contributed by atoms with Crippen molar-refractivity contribution in [2.75, 3.05) is 12.0 Å². The van der Waals surface area contributed by atoms with Crippen molar-refractivity contribution < 1.29 is 4.79 Å². The number of carbonyl (C=O) groups excluding carboxylic acids is 1. The Morgan fingerprint density at radius 2 is 2.15 bits per heavy atom. The largest absolute Gasteiger partial charge is 0.352 e. The molecule has 0 aliphatic heterocycles. The molecule has 1 aromatic heterocycles. The van der Waals surface area contributed by atoms with Crippen LogP contribution < -0.4 is 16.6 Å². The molecule has 1 aliphatic carbocycles. The zero-order valence-electron chi connectivity index (χ0n) is 11.5. The quantitative estimate of drug-likeness (QED) is 0.568. The fourth-order valence-corrected chi connectivity index (χ4v) is 3.02. The number of anilines is 1. The molecule has 0 atom stereocenters. The van der Waals surface area contributed by atoms with E-state index in [0.29, 0.717) is 17.9 Å². The highest BCUT2D eigenvalue weighted by Crippen LogP contribution is 2.25. The van der Waals surface area contributed by atoms with Crippen molar-refractivity contribution in [2.24, 2.45) is 11.8 Å². The number of nitrogens with two attached hydrogens (primary N) is 1. The maximum absolute atomic E-state index is 12.2. The Labute approximate surface area is 127 Å². The van der Waals surface area contributed by atoms with Gasteiger partial charge in [-0.1, -0.05) is 32.1 Å². The minimum atomic E-state index is -0.137. The highest BCUT2D eigenvalue weighted by Gasteiger charge is 2.15. The Bertz CT molecular complexity index is 460. The van der Waals surface area contributed by atoms with Crippen molar-refractivity contribution >= 4 is 27.7 Å². The van der Waals surface area contributed by atoms with Crippen LogP contribution in [0.5, 0.6) is 0 Å². The molecule has 0 radical (unpaired) electrons. The van der Waals surface area contributed by atoms with E-state index >= 15 is 0 Å². The lowest BCUT2D eigenvalue weighted by Gasteiger charge is -2.21. The van der Waals surface area contributed by atoms with Gasteiger partial charge in [-0.3, -0.25) is 4.79 Å². The molecule has 6 heteroatoms.